The van der Waals surface area contributed by atoms with Gasteiger partial charge < -0.3 is 50.3 Å². The van der Waals surface area contributed by atoms with Crippen molar-refractivity contribution in [2.75, 3.05) is 19.8 Å². The maximum absolute atomic E-state index is 14.0. The van der Waals surface area contributed by atoms with Crippen LogP contribution in [0.5, 0.6) is 0 Å². The van der Waals surface area contributed by atoms with Crippen molar-refractivity contribution >= 4 is 53.0 Å². The number of nitrogens with one attached hydrogen (secondary N) is 3. The van der Waals surface area contributed by atoms with E-state index in [2.05, 4.69) is 22.9 Å². The molecule has 4 aliphatic heterocycles. The van der Waals surface area contributed by atoms with E-state index in [1.54, 1.807) is 12.2 Å². The van der Waals surface area contributed by atoms with E-state index in [0.717, 1.165) is 17.6 Å². The number of hydrogen-bond donors (Lipinski definition) is 6. The average molecular weight is 987 g/mol. The van der Waals surface area contributed by atoms with Gasteiger partial charge >= 0.3 is 11.9 Å². The zero-order valence-corrected chi connectivity index (χ0v) is 39.9. The molecule has 0 aromatic heterocycles. The summed E-state index contributed by atoms with van der Waals surface area (Å²) in [6.45, 7) is 2.98. The van der Waals surface area contributed by atoms with Gasteiger partial charge in [0.15, 0.2) is 23.5 Å². The summed E-state index contributed by atoms with van der Waals surface area (Å²) in [5, 5.41) is 40.0. The number of fused-ring (bicyclic) bond motifs is 10. The first-order chi connectivity index (χ1) is 33.7. The second-order valence-corrected chi connectivity index (χ2v) is 21.4. The van der Waals surface area contributed by atoms with Gasteiger partial charge in [-0.15, -0.1) is 5.06 Å². The number of benzene rings is 1. The van der Waals surface area contributed by atoms with Gasteiger partial charge in [-0.1, -0.05) is 49.8 Å². The Morgan fingerprint density at radius 1 is 0.930 bits per heavy atom. The minimum absolute atomic E-state index is 0.0300. The average Bonchev–Trinajstić information content (AvgIpc) is 3.97. The van der Waals surface area contributed by atoms with Crippen LogP contribution in [0.15, 0.2) is 48.1 Å². The number of allylic oxidation sites excluding steroid dienone is 4. The highest BCUT2D eigenvalue weighted by atomic mass is 16.7. The number of hydroxylamine groups is 2. The van der Waals surface area contributed by atoms with E-state index >= 15 is 0 Å². The van der Waals surface area contributed by atoms with Crippen LogP contribution in [-0.4, -0.2) is 128 Å². The molecular weight excluding hydrogens is 925 g/mol. The van der Waals surface area contributed by atoms with E-state index in [1.807, 2.05) is 37.3 Å². The summed E-state index contributed by atoms with van der Waals surface area (Å²) in [5.74, 6) is -6.22. The zero-order chi connectivity index (χ0) is 50.7. The second kappa shape index (κ2) is 19.1. The third kappa shape index (κ3) is 9.14. The zero-order valence-electron chi connectivity index (χ0n) is 39.9. The lowest BCUT2D eigenvalue weighted by molar-refractivity contribution is -0.201. The van der Waals surface area contributed by atoms with Gasteiger partial charge in [0.25, 0.3) is 11.8 Å². The van der Waals surface area contributed by atoms with Crippen LogP contribution in [0.4, 0.5) is 0 Å². The summed E-state index contributed by atoms with van der Waals surface area (Å²) in [6, 6.07) is 6.50. The third-order valence-electron chi connectivity index (χ3n) is 17.2. The lowest BCUT2D eigenvalue weighted by Crippen LogP contribution is -2.65. The number of ketones is 2. The fourth-order valence-corrected chi connectivity index (χ4v) is 13.6. The van der Waals surface area contributed by atoms with Crippen molar-refractivity contribution < 1.29 is 77.5 Å². The van der Waals surface area contributed by atoms with Gasteiger partial charge in [0, 0.05) is 54.4 Å². The summed E-state index contributed by atoms with van der Waals surface area (Å²) < 4.78 is 19.9. The fourth-order valence-electron chi connectivity index (χ4n) is 13.6. The molecule has 10 atom stereocenters. The van der Waals surface area contributed by atoms with Crippen LogP contribution in [0, 0.1) is 28.6 Å². The summed E-state index contributed by atoms with van der Waals surface area (Å²) in [5.41, 5.74) is -1.34. The summed E-state index contributed by atoms with van der Waals surface area (Å²) in [4.78, 5) is 117. The number of amides is 5. The van der Waals surface area contributed by atoms with Gasteiger partial charge in [0.1, 0.15) is 12.6 Å². The number of aliphatic hydroxyl groups excluding tert-OH is 2. The van der Waals surface area contributed by atoms with Crippen LogP contribution >= 0.6 is 0 Å². The van der Waals surface area contributed by atoms with E-state index in [-0.39, 0.29) is 55.8 Å². The Labute approximate surface area is 409 Å². The third-order valence-corrected chi connectivity index (χ3v) is 17.2. The topological polar surface area (TPSA) is 291 Å². The predicted octanol–water partition coefficient (Wildman–Crippen LogP) is 1.88. The maximum atomic E-state index is 14.0. The van der Waals surface area contributed by atoms with Gasteiger partial charge in [-0.2, -0.15) is 0 Å². The van der Waals surface area contributed by atoms with Gasteiger partial charge in [-0.05, 0) is 87.3 Å². The lowest BCUT2D eigenvalue weighted by atomic mass is 9.46. The molecule has 9 aliphatic rings. The van der Waals surface area contributed by atoms with Crippen molar-refractivity contribution in [1.82, 2.24) is 21.0 Å². The Kier molecular flexibility index (Phi) is 13.5. The first kappa shape index (κ1) is 50.3. The normalized spacial score (nSPS) is 35.9. The van der Waals surface area contributed by atoms with Crippen molar-refractivity contribution in [2.24, 2.45) is 28.6 Å². The number of carbonyl (C=O) groups excluding carboxylic acids is 8. The smallest absolute Gasteiger partial charge is 0.333 e. The number of Topliss-reactive ketones (excluding diaryl/α,β-unsaturated/α-hetero) is 1. The molecule has 1 aromatic rings. The molecule has 10 rings (SSSR count). The molecule has 0 radical (unpaired) electrons. The van der Waals surface area contributed by atoms with Gasteiger partial charge in [0.05, 0.1) is 42.9 Å². The Hall–Kier alpha value is -5.67. The molecule has 20 nitrogen and oxygen atoms in total. The van der Waals surface area contributed by atoms with Crippen molar-refractivity contribution in [1.29, 1.82) is 0 Å². The molecule has 0 spiro atoms. The number of carbonyl (C=O) groups is 9. The molecule has 4 saturated carbocycles. The van der Waals surface area contributed by atoms with Crippen molar-refractivity contribution in [3.05, 3.63) is 59.2 Å². The van der Waals surface area contributed by atoms with Gasteiger partial charge in [0.2, 0.25) is 17.7 Å². The van der Waals surface area contributed by atoms with Crippen molar-refractivity contribution in [3.8, 4) is 0 Å². The first-order valence-corrected chi connectivity index (χ1v) is 24.7. The van der Waals surface area contributed by atoms with Crippen LogP contribution < -0.4 is 16.0 Å². The molecular formula is C51H62N4O16. The summed E-state index contributed by atoms with van der Waals surface area (Å²) >= 11 is 0. The Morgan fingerprint density at radius 3 is 2.31 bits per heavy atom. The van der Waals surface area contributed by atoms with Gasteiger partial charge in [-0.3, -0.25) is 38.4 Å². The van der Waals surface area contributed by atoms with E-state index in [1.165, 1.54) is 0 Å². The molecule has 4 heterocycles. The number of rotatable bonds is 17. The molecule has 5 amide bonds. The van der Waals surface area contributed by atoms with Crippen LogP contribution in [0.1, 0.15) is 121 Å². The first-order valence-electron chi connectivity index (χ1n) is 24.7. The predicted molar refractivity (Wildman–Crippen MR) is 243 cm³/mol. The Morgan fingerprint density at radius 2 is 1.65 bits per heavy atom. The largest absolute Gasteiger partial charge is 0.481 e. The van der Waals surface area contributed by atoms with Crippen LogP contribution in [-0.2, 0) is 68.6 Å². The van der Waals surface area contributed by atoms with Crippen molar-refractivity contribution in [2.45, 2.75) is 151 Å². The number of nitrogens with zero attached hydrogens (tertiary/aromatic N) is 1. The van der Waals surface area contributed by atoms with E-state index < -0.39 is 132 Å². The monoisotopic (exact) mass is 986 g/mol. The molecule has 5 aliphatic carbocycles. The highest BCUT2D eigenvalue weighted by Crippen LogP contribution is 2.70. The molecule has 2 bridgehead atoms. The minimum atomic E-state index is -1.47. The summed E-state index contributed by atoms with van der Waals surface area (Å²) in [7, 11) is 0. The quantitative estimate of drug-likeness (QED) is 0.122. The number of aliphatic carboxylic acids is 1. The molecule has 71 heavy (non-hydrogen) atoms. The van der Waals surface area contributed by atoms with Crippen LogP contribution in [0.2, 0.25) is 0 Å². The number of carboxylic acid groups (broad SMARTS) is 1. The number of hydrogen-bond acceptors (Lipinski definition) is 15. The van der Waals surface area contributed by atoms with Gasteiger partial charge in [-0.25, -0.2) is 4.79 Å². The number of carboxylic acids is 1. The van der Waals surface area contributed by atoms with E-state index in [4.69, 9.17) is 19.0 Å². The molecule has 20 heteroatoms. The molecule has 0 unspecified atom stereocenters. The van der Waals surface area contributed by atoms with E-state index in [0.29, 0.717) is 55.6 Å². The second-order valence-electron chi connectivity index (χ2n) is 21.4. The van der Waals surface area contributed by atoms with Crippen LogP contribution in [0.3, 0.4) is 0 Å². The van der Waals surface area contributed by atoms with Crippen LogP contribution in [0.25, 0.3) is 0 Å². The molecule has 382 valence electrons. The minimum Gasteiger partial charge on any atom is -0.481 e. The van der Waals surface area contributed by atoms with Crippen molar-refractivity contribution in [3.63, 3.8) is 0 Å². The fraction of sp³-hybridized carbons (Fsp3) is 0.627. The molecule has 6 N–H and O–H groups in total. The highest BCUT2D eigenvalue weighted by Gasteiger charge is 2.76. The number of aliphatic hydroxyl groups is 2. The molecule has 8 fully saturated rings. The summed E-state index contributed by atoms with van der Waals surface area (Å²) in [6.07, 6.45) is 6.40. The molecule has 4 saturated heterocycles. The maximum Gasteiger partial charge on any atom is 0.333 e. The number of ether oxygens (including phenoxy) is 3. The lowest BCUT2D eigenvalue weighted by Gasteiger charge is -2.59. The highest BCUT2D eigenvalue weighted by molar-refractivity contribution is 6.02. The van der Waals surface area contributed by atoms with E-state index in [9.17, 15) is 58.5 Å². The Bertz CT molecular complexity index is 2430. The standard InChI is InChI=1S/C51H62N4O16/c1-47-16-15-31(57)21-30(47)7-8-32-33-22-37-51(36(59)26-56,48(33,2)24-35(58)44(32)47)70-46(69-37)29-5-3-28(4-6-29)23-50-19-17-49(18-20-50,27-68-50)54-45(67)34(9-13-42(64)65)53-39(61)25-52-38(60)10-14-43(66)71-55-40(62)11-12-41(55)63/h3-6,15-16,21,32-35,37,44,46,56,58H,7-14,17-20,22-27H2,1-2H3,(H,52,60)(H,53,61)(H,54,67)(H,64,65)/t32-,33-,34-,35-,37+,44+,46+,47-,48-,49?,50?,51+/m0/s1. The molecule has 1 aromatic carbocycles. The SMILES string of the molecule is C[C@]12C=CC(=O)C=C1CC[C@@H]1[C@@H]2[C@@H](O)C[C@@]2(C)[C@H]1C[C@H]1O[C@@H](c3ccc(CC45CCC(NC(=O)[C@H](CCC(=O)O)NC(=O)CNC(=O)CCC(=O)ON6C(=O)CCC6=O)(CC4)CO5)cc3)O[C@]12C(=O)CO. The Balaban J connectivity index is 0.778. The number of imide groups is 1.